The second-order valence-corrected chi connectivity index (χ2v) is 5.46. The molecule has 1 aromatic rings. The van der Waals surface area contributed by atoms with E-state index in [2.05, 4.69) is 21.2 Å². The average molecular weight is 302 g/mol. The van der Waals surface area contributed by atoms with E-state index in [0.717, 1.165) is 31.5 Å². The number of piperidine rings is 1. The summed E-state index contributed by atoms with van der Waals surface area (Å²) in [5, 5.41) is 13.4. The van der Waals surface area contributed by atoms with E-state index in [1.807, 2.05) is 0 Å². The van der Waals surface area contributed by atoms with Gasteiger partial charge in [-0.1, -0.05) is 6.07 Å². The van der Waals surface area contributed by atoms with Gasteiger partial charge in [-0.25, -0.2) is 4.39 Å². The van der Waals surface area contributed by atoms with Crippen molar-refractivity contribution in [1.82, 2.24) is 5.32 Å². The Morgan fingerprint density at radius 3 is 2.76 bits per heavy atom. The van der Waals surface area contributed by atoms with Crippen molar-refractivity contribution >= 4 is 15.9 Å². The minimum Gasteiger partial charge on any atom is -0.392 e. The molecule has 1 saturated heterocycles. The summed E-state index contributed by atoms with van der Waals surface area (Å²) in [5.74, 6) is 0.102. The lowest BCUT2D eigenvalue weighted by Crippen LogP contribution is -2.35. The van der Waals surface area contributed by atoms with E-state index in [9.17, 15) is 9.50 Å². The van der Waals surface area contributed by atoms with Crippen molar-refractivity contribution in [3.8, 4) is 0 Å². The standard InChI is InChI=1S/C13H17BrFNO/c14-11-7-9(1-2-12(11)15)8-13(17)10-3-5-16-6-4-10/h1-2,7,10,13,16-17H,3-6,8H2. The minimum absolute atomic E-state index is 0.259. The van der Waals surface area contributed by atoms with Gasteiger partial charge in [-0.15, -0.1) is 0 Å². The molecule has 0 bridgehead atoms. The van der Waals surface area contributed by atoms with Gasteiger partial charge in [0, 0.05) is 0 Å². The van der Waals surface area contributed by atoms with E-state index < -0.39 is 0 Å². The summed E-state index contributed by atoms with van der Waals surface area (Å²) in [6, 6.07) is 4.93. The Morgan fingerprint density at radius 1 is 1.41 bits per heavy atom. The molecule has 0 saturated carbocycles. The monoisotopic (exact) mass is 301 g/mol. The Morgan fingerprint density at radius 2 is 2.12 bits per heavy atom. The van der Waals surface area contributed by atoms with Crippen LogP contribution in [0.1, 0.15) is 18.4 Å². The van der Waals surface area contributed by atoms with Gasteiger partial charge in [0.05, 0.1) is 10.6 Å². The topological polar surface area (TPSA) is 32.3 Å². The van der Waals surface area contributed by atoms with Gasteiger partial charge in [-0.2, -0.15) is 0 Å². The third-order valence-corrected chi connectivity index (χ3v) is 3.96. The van der Waals surface area contributed by atoms with Crippen molar-refractivity contribution in [2.24, 2.45) is 5.92 Å². The molecule has 4 heteroatoms. The number of hydrogen-bond acceptors (Lipinski definition) is 2. The van der Waals surface area contributed by atoms with Crippen LogP contribution in [0.25, 0.3) is 0 Å². The molecule has 94 valence electrons. The molecule has 2 nitrogen and oxygen atoms in total. The number of rotatable bonds is 3. The maximum absolute atomic E-state index is 13.1. The number of hydrogen-bond donors (Lipinski definition) is 2. The highest BCUT2D eigenvalue weighted by molar-refractivity contribution is 9.10. The Labute approximate surface area is 109 Å². The average Bonchev–Trinajstić information content (AvgIpc) is 2.35. The van der Waals surface area contributed by atoms with Gasteiger partial charge in [0.2, 0.25) is 0 Å². The van der Waals surface area contributed by atoms with Crippen molar-refractivity contribution in [2.45, 2.75) is 25.4 Å². The second kappa shape index (κ2) is 5.94. The molecule has 0 aliphatic carbocycles. The Hall–Kier alpha value is -0.450. The molecule has 1 fully saturated rings. The number of benzene rings is 1. The quantitative estimate of drug-likeness (QED) is 0.899. The SMILES string of the molecule is OC(Cc1ccc(F)c(Br)c1)C1CCNCC1. The molecule has 1 aromatic carbocycles. The number of aliphatic hydroxyl groups excluding tert-OH is 1. The van der Waals surface area contributed by atoms with Gasteiger partial charge >= 0.3 is 0 Å². The molecular formula is C13H17BrFNO. The fraction of sp³-hybridized carbons (Fsp3) is 0.538. The first kappa shape index (κ1) is 13.0. The van der Waals surface area contributed by atoms with Gasteiger partial charge in [-0.05, 0) is 71.9 Å². The van der Waals surface area contributed by atoms with Crippen LogP contribution < -0.4 is 5.32 Å². The molecule has 2 rings (SSSR count). The van der Waals surface area contributed by atoms with Gasteiger partial charge in [0.25, 0.3) is 0 Å². The molecule has 1 unspecified atom stereocenters. The smallest absolute Gasteiger partial charge is 0.137 e. The van der Waals surface area contributed by atoms with Crippen molar-refractivity contribution in [2.75, 3.05) is 13.1 Å². The highest BCUT2D eigenvalue weighted by Crippen LogP contribution is 2.22. The fourth-order valence-corrected chi connectivity index (χ4v) is 2.73. The predicted molar refractivity (Wildman–Crippen MR) is 69.4 cm³/mol. The lowest BCUT2D eigenvalue weighted by atomic mass is 9.89. The molecule has 0 aromatic heterocycles. The van der Waals surface area contributed by atoms with E-state index in [1.165, 1.54) is 6.07 Å². The largest absolute Gasteiger partial charge is 0.392 e. The summed E-state index contributed by atoms with van der Waals surface area (Å²) in [6.45, 7) is 1.96. The summed E-state index contributed by atoms with van der Waals surface area (Å²) in [6.07, 6.45) is 2.31. The molecule has 1 aliphatic heterocycles. The maximum Gasteiger partial charge on any atom is 0.137 e. The second-order valence-electron chi connectivity index (χ2n) is 4.61. The molecular weight excluding hydrogens is 285 g/mol. The maximum atomic E-state index is 13.1. The van der Waals surface area contributed by atoms with Crippen molar-refractivity contribution < 1.29 is 9.50 Å². The van der Waals surface area contributed by atoms with E-state index >= 15 is 0 Å². The summed E-state index contributed by atoms with van der Waals surface area (Å²) < 4.78 is 13.5. The lowest BCUT2D eigenvalue weighted by Gasteiger charge is -2.27. The van der Waals surface area contributed by atoms with Crippen LogP contribution in [0.2, 0.25) is 0 Å². The first-order valence-corrected chi connectivity index (χ1v) is 6.79. The molecule has 1 aliphatic rings. The van der Waals surface area contributed by atoms with Gasteiger partial charge in [0.15, 0.2) is 0 Å². The van der Waals surface area contributed by atoms with Crippen LogP contribution in [-0.4, -0.2) is 24.3 Å². The molecule has 0 spiro atoms. The van der Waals surface area contributed by atoms with Crippen LogP contribution in [0, 0.1) is 11.7 Å². The fourth-order valence-electron chi connectivity index (χ4n) is 2.30. The Kier molecular flexibility index (Phi) is 4.54. The van der Waals surface area contributed by atoms with E-state index in [0.29, 0.717) is 16.8 Å². The van der Waals surface area contributed by atoms with Crippen molar-refractivity contribution in [1.29, 1.82) is 0 Å². The van der Waals surface area contributed by atoms with Crippen LogP contribution in [0.15, 0.2) is 22.7 Å². The number of aliphatic hydroxyl groups is 1. The minimum atomic E-state index is -0.325. The van der Waals surface area contributed by atoms with E-state index in [1.54, 1.807) is 12.1 Å². The van der Waals surface area contributed by atoms with Gasteiger partial charge in [-0.3, -0.25) is 0 Å². The zero-order chi connectivity index (χ0) is 12.3. The molecule has 0 amide bonds. The van der Waals surface area contributed by atoms with Crippen molar-refractivity contribution in [3.05, 3.63) is 34.1 Å². The highest BCUT2D eigenvalue weighted by atomic mass is 79.9. The summed E-state index contributed by atoms with van der Waals surface area (Å²) in [4.78, 5) is 0. The predicted octanol–water partition coefficient (Wildman–Crippen LogP) is 2.49. The zero-order valence-corrected chi connectivity index (χ0v) is 11.2. The normalized spacial score (nSPS) is 19.2. The third-order valence-electron chi connectivity index (χ3n) is 3.36. The first-order chi connectivity index (χ1) is 8.16. The van der Waals surface area contributed by atoms with E-state index in [4.69, 9.17) is 0 Å². The van der Waals surface area contributed by atoms with Crippen LogP contribution in [0.4, 0.5) is 4.39 Å². The lowest BCUT2D eigenvalue weighted by molar-refractivity contribution is 0.0890. The van der Waals surface area contributed by atoms with Crippen LogP contribution in [-0.2, 0) is 6.42 Å². The van der Waals surface area contributed by atoms with Crippen LogP contribution >= 0.6 is 15.9 Å². The number of nitrogens with one attached hydrogen (secondary N) is 1. The van der Waals surface area contributed by atoms with Gasteiger partial charge in [0.1, 0.15) is 5.82 Å². The summed E-state index contributed by atoms with van der Waals surface area (Å²) >= 11 is 3.17. The molecule has 17 heavy (non-hydrogen) atoms. The molecule has 1 heterocycles. The molecule has 1 atom stereocenters. The van der Waals surface area contributed by atoms with E-state index in [-0.39, 0.29) is 11.9 Å². The molecule has 2 N–H and O–H groups in total. The molecule has 0 radical (unpaired) electrons. The van der Waals surface area contributed by atoms with Crippen molar-refractivity contribution in [3.63, 3.8) is 0 Å². The first-order valence-electron chi connectivity index (χ1n) is 5.99. The Balaban J connectivity index is 1.96. The zero-order valence-electron chi connectivity index (χ0n) is 9.63. The number of halogens is 2. The highest BCUT2D eigenvalue weighted by Gasteiger charge is 2.21. The Bertz CT molecular complexity index is 380. The van der Waals surface area contributed by atoms with Gasteiger partial charge < -0.3 is 10.4 Å². The summed E-state index contributed by atoms with van der Waals surface area (Å²) in [7, 11) is 0. The van der Waals surface area contributed by atoms with Crippen LogP contribution in [0.3, 0.4) is 0 Å². The van der Waals surface area contributed by atoms with Crippen LogP contribution in [0.5, 0.6) is 0 Å². The third kappa shape index (κ3) is 3.50. The summed E-state index contributed by atoms with van der Waals surface area (Å²) in [5.41, 5.74) is 0.976.